The second kappa shape index (κ2) is 7.92. The summed E-state index contributed by atoms with van der Waals surface area (Å²) in [5.74, 6) is 1.28. The maximum absolute atomic E-state index is 6.33. The van der Waals surface area contributed by atoms with E-state index in [9.17, 15) is 0 Å². The zero-order valence-electron chi connectivity index (χ0n) is 14.3. The highest BCUT2D eigenvalue weighted by molar-refractivity contribution is 5.84. The molecule has 27 heavy (non-hydrogen) atoms. The molecule has 2 heterocycles. The van der Waals surface area contributed by atoms with E-state index in [1.165, 1.54) is 0 Å². The van der Waals surface area contributed by atoms with Gasteiger partial charge in [-0.3, -0.25) is 0 Å². The van der Waals surface area contributed by atoms with Crippen molar-refractivity contribution in [3.63, 3.8) is 0 Å². The van der Waals surface area contributed by atoms with Crippen molar-refractivity contribution in [3.8, 4) is 0 Å². The van der Waals surface area contributed by atoms with Crippen LogP contribution < -0.4 is 0 Å². The zero-order chi connectivity index (χ0) is 18.3. The number of benzene rings is 2. The van der Waals surface area contributed by atoms with Crippen LogP contribution in [0.25, 0.3) is 23.7 Å². The van der Waals surface area contributed by atoms with Crippen molar-refractivity contribution < 1.29 is 4.74 Å². The molecule has 2 aromatic carbocycles. The molecule has 2 N–H and O–H groups in total. The van der Waals surface area contributed by atoms with Crippen LogP contribution in [0.3, 0.4) is 0 Å². The van der Waals surface area contributed by atoms with Crippen LogP contribution in [0.2, 0.25) is 0 Å². The second-order valence-corrected chi connectivity index (χ2v) is 5.64. The van der Waals surface area contributed by atoms with Crippen LogP contribution in [-0.4, -0.2) is 30.8 Å². The van der Waals surface area contributed by atoms with E-state index in [1.54, 1.807) is 12.4 Å². The molecule has 4 aromatic rings. The molecule has 0 saturated carbocycles. The van der Waals surface area contributed by atoms with E-state index >= 15 is 0 Å². The predicted octanol–water partition coefficient (Wildman–Crippen LogP) is 3.64. The maximum atomic E-state index is 6.33. The molecule has 0 atom stereocenters. The molecule has 4 rings (SSSR count). The van der Waals surface area contributed by atoms with E-state index in [1.807, 2.05) is 72.8 Å². The summed E-state index contributed by atoms with van der Waals surface area (Å²) in [5.41, 5.74) is 3.18. The SMILES string of the molecule is C(=C(OC(=Cc1cn[nH]n1)c1ccccc1)c1ccccc1)c1cn[nH]n1. The number of hydrogen-bond acceptors (Lipinski definition) is 5. The molecule has 132 valence electrons. The van der Waals surface area contributed by atoms with Crippen molar-refractivity contribution in [1.29, 1.82) is 0 Å². The summed E-state index contributed by atoms with van der Waals surface area (Å²) in [6.07, 6.45) is 6.93. The third kappa shape index (κ3) is 4.16. The Morgan fingerprint density at radius 2 is 1.11 bits per heavy atom. The van der Waals surface area contributed by atoms with Crippen molar-refractivity contribution in [2.45, 2.75) is 0 Å². The number of ether oxygens (including phenoxy) is 1. The van der Waals surface area contributed by atoms with Gasteiger partial charge in [0.1, 0.15) is 22.9 Å². The Morgan fingerprint density at radius 1 is 0.667 bits per heavy atom. The molecule has 7 nitrogen and oxygen atoms in total. The second-order valence-electron chi connectivity index (χ2n) is 5.64. The highest BCUT2D eigenvalue weighted by atomic mass is 16.5. The third-order valence-corrected chi connectivity index (χ3v) is 3.76. The average molecular weight is 356 g/mol. The van der Waals surface area contributed by atoms with Crippen LogP contribution in [0, 0.1) is 0 Å². The molecule has 0 saturated heterocycles. The Bertz CT molecular complexity index is 937. The number of aromatic amines is 2. The summed E-state index contributed by atoms with van der Waals surface area (Å²) < 4.78 is 6.33. The molecule has 0 aliphatic heterocycles. The fourth-order valence-corrected chi connectivity index (χ4v) is 2.50. The molecule has 0 aliphatic carbocycles. The summed E-state index contributed by atoms with van der Waals surface area (Å²) in [6, 6.07) is 19.7. The minimum Gasteiger partial charge on any atom is -0.456 e. The quantitative estimate of drug-likeness (QED) is 0.515. The fraction of sp³-hybridized carbons (Fsp3) is 0. The number of rotatable bonds is 6. The molecule has 0 aliphatic rings. The molecule has 0 radical (unpaired) electrons. The van der Waals surface area contributed by atoms with Crippen LogP contribution in [0.1, 0.15) is 22.5 Å². The summed E-state index contributed by atoms with van der Waals surface area (Å²) in [4.78, 5) is 0. The number of hydrogen-bond donors (Lipinski definition) is 2. The standard InChI is InChI=1S/C20H16N6O/c1-3-7-15(8-4-1)19(11-17-13-21-25-23-17)27-20(12-18-14-22-26-24-18)16-9-5-2-6-10-16/h1-14H,(H,21,23,25)(H,22,24,26). The minimum absolute atomic E-state index is 0.642. The first kappa shape index (κ1) is 16.5. The molecule has 0 unspecified atom stereocenters. The molecule has 0 spiro atoms. The van der Waals surface area contributed by atoms with Crippen molar-refractivity contribution >= 4 is 23.7 Å². The topological polar surface area (TPSA) is 92.4 Å². The van der Waals surface area contributed by atoms with E-state index in [2.05, 4.69) is 30.8 Å². The van der Waals surface area contributed by atoms with Crippen LogP contribution >= 0.6 is 0 Å². The first-order valence-electron chi connectivity index (χ1n) is 8.32. The van der Waals surface area contributed by atoms with E-state index in [0.29, 0.717) is 22.9 Å². The molecule has 0 fully saturated rings. The summed E-state index contributed by atoms with van der Waals surface area (Å²) >= 11 is 0. The van der Waals surface area contributed by atoms with E-state index < -0.39 is 0 Å². The van der Waals surface area contributed by atoms with Gasteiger partial charge in [0, 0.05) is 23.3 Å². The predicted molar refractivity (Wildman–Crippen MR) is 102 cm³/mol. The van der Waals surface area contributed by atoms with E-state index in [0.717, 1.165) is 11.1 Å². The van der Waals surface area contributed by atoms with Gasteiger partial charge in [-0.05, 0) is 0 Å². The van der Waals surface area contributed by atoms with Gasteiger partial charge in [-0.1, -0.05) is 60.7 Å². The average Bonchev–Trinajstić information content (AvgIpc) is 3.42. The van der Waals surface area contributed by atoms with E-state index in [-0.39, 0.29) is 0 Å². The number of nitrogens with zero attached hydrogens (tertiary/aromatic N) is 4. The summed E-state index contributed by atoms with van der Waals surface area (Å²) in [7, 11) is 0. The highest BCUT2D eigenvalue weighted by Gasteiger charge is 2.11. The number of nitrogens with one attached hydrogen (secondary N) is 2. The van der Waals surface area contributed by atoms with Crippen molar-refractivity contribution in [2.24, 2.45) is 0 Å². The Morgan fingerprint density at radius 3 is 1.48 bits per heavy atom. The molecule has 7 heteroatoms. The maximum Gasteiger partial charge on any atom is 0.136 e. The van der Waals surface area contributed by atoms with Gasteiger partial charge in [-0.25, -0.2) is 0 Å². The highest BCUT2D eigenvalue weighted by Crippen LogP contribution is 2.28. The number of H-pyrrole nitrogens is 2. The summed E-state index contributed by atoms with van der Waals surface area (Å²) in [5, 5.41) is 21.1. The Hall–Kier alpha value is -4.00. The van der Waals surface area contributed by atoms with Gasteiger partial charge < -0.3 is 4.74 Å². The Balaban J connectivity index is 1.77. The van der Waals surface area contributed by atoms with Gasteiger partial charge in [0.25, 0.3) is 0 Å². The normalized spacial score (nSPS) is 12.1. The lowest BCUT2D eigenvalue weighted by atomic mass is 10.1. The first-order valence-corrected chi connectivity index (χ1v) is 8.32. The van der Waals surface area contributed by atoms with Gasteiger partial charge in [0.15, 0.2) is 0 Å². The molecular weight excluding hydrogens is 340 g/mol. The van der Waals surface area contributed by atoms with Crippen LogP contribution in [-0.2, 0) is 4.74 Å². The minimum atomic E-state index is 0.642. The van der Waals surface area contributed by atoms with Crippen LogP contribution in [0.4, 0.5) is 0 Å². The van der Waals surface area contributed by atoms with Gasteiger partial charge in [0.2, 0.25) is 0 Å². The number of aromatic nitrogens is 6. The first-order chi connectivity index (χ1) is 13.4. The van der Waals surface area contributed by atoms with E-state index in [4.69, 9.17) is 4.74 Å². The monoisotopic (exact) mass is 356 g/mol. The van der Waals surface area contributed by atoms with Gasteiger partial charge >= 0.3 is 0 Å². The van der Waals surface area contributed by atoms with Crippen molar-refractivity contribution in [3.05, 3.63) is 95.6 Å². The van der Waals surface area contributed by atoms with Gasteiger partial charge in [-0.15, -0.1) is 0 Å². The molecule has 2 aromatic heterocycles. The third-order valence-electron chi connectivity index (χ3n) is 3.76. The lowest BCUT2D eigenvalue weighted by Crippen LogP contribution is -1.94. The smallest absolute Gasteiger partial charge is 0.136 e. The Kier molecular flexibility index (Phi) is 4.83. The van der Waals surface area contributed by atoms with Crippen LogP contribution in [0.5, 0.6) is 0 Å². The molecular formula is C20H16N6O. The zero-order valence-corrected chi connectivity index (χ0v) is 14.3. The van der Waals surface area contributed by atoms with Crippen molar-refractivity contribution in [2.75, 3.05) is 0 Å². The molecule has 0 bridgehead atoms. The van der Waals surface area contributed by atoms with Crippen LogP contribution in [0.15, 0.2) is 73.1 Å². The fourth-order valence-electron chi connectivity index (χ4n) is 2.50. The van der Waals surface area contributed by atoms with Gasteiger partial charge in [-0.2, -0.15) is 30.8 Å². The lowest BCUT2D eigenvalue weighted by Gasteiger charge is -2.14. The largest absolute Gasteiger partial charge is 0.456 e. The molecule has 0 amide bonds. The lowest BCUT2D eigenvalue weighted by molar-refractivity contribution is 0.477. The van der Waals surface area contributed by atoms with Crippen molar-refractivity contribution in [1.82, 2.24) is 30.8 Å². The summed E-state index contributed by atoms with van der Waals surface area (Å²) in [6.45, 7) is 0. The van der Waals surface area contributed by atoms with Gasteiger partial charge in [0.05, 0.1) is 12.4 Å². The Labute approximate surface area is 155 Å².